The van der Waals surface area contributed by atoms with Crippen molar-refractivity contribution in [3.8, 4) is 5.75 Å². The highest BCUT2D eigenvalue weighted by Crippen LogP contribution is 2.24. The molecule has 0 unspecified atom stereocenters. The van der Waals surface area contributed by atoms with Gasteiger partial charge in [-0.05, 0) is 24.6 Å². The molecule has 0 fully saturated rings. The van der Waals surface area contributed by atoms with E-state index in [1.165, 1.54) is 6.07 Å². The van der Waals surface area contributed by atoms with E-state index in [-0.39, 0.29) is 29.7 Å². The Bertz CT molecular complexity index is 493. The van der Waals surface area contributed by atoms with Crippen molar-refractivity contribution in [2.24, 2.45) is 4.99 Å². The van der Waals surface area contributed by atoms with E-state index in [9.17, 15) is 8.78 Å². The second-order valence-corrected chi connectivity index (χ2v) is 5.25. The summed E-state index contributed by atoms with van der Waals surface area (Å²) in [7, 11) is 3.29. The van der Waals surface area contributed by atoms with Crippen LogP contribution < -0.4 is 15.4 Å². The molecular weight excluding hydrogens is 487 g/mol. The van der Waals surface area contributed by atoms with Crippen LogP contribution >= 0.6 is 39.9 Å². The van der Waals surface area contributed by atoms with Gasteiger partial charge in [-0.15, -0.1) is 24.0 Å². The lowest BCUT2D eigenvalue weighted by Crippen LogP contribution is -2.37. The maximum atomic E-state index is 12.4. The number of rotatable bonds is 8. The van der Waals surface area contributed by atoms with Crippen molar-refractivity contribution in [3.05, 3.63) is 28.2 Å². The first-order valence-electron chi connectivity index (χ1n) is 6.73. The highest BCUT2D eigenvalue weighted by atomic mass is 127. The summed E-state index contributed by atoms with van der Waals surface area (Å²) in [6.45, 7) is -1.19. The molecular formula is C14H21BrF2IN3O2. The lowest BCUT2D eigenvalue weighted by atomic mass is 10.2. The van der Waals surface area contributed by atoms with Crippen molar-refractivity contribution in [1.29, 1.82) is 0 Å². The normalized spacial score (nSPS) is 11.1. The van der Waals surface area contributed by atoms with Gasteiger partial charge in [0.15, 0.2) is 5.96 Å². The first-order valence-corrected chi connectivity index (χ1v) is 7.52. The standard InChI is InChI=1S/C14H20BrF2N3O2.HI/c1-18-14(19-6-3-7-21-2)20-9-10-8-11(15)4-5-12(10)22-13(16)17;/h4-5,8,13H,3,6-7,9H2,1-2H3,(H2,18,19,20);1H. The molecule has 2 N–H and O–H groups in total. The molecule has 0 bridgehead atoms. The van der Waals surface area contributed by atoms with Crippen LogP contribution in [-0.2, 0) is 11.3 Å². The van der Waals surface area contributed by atoms with E-state index in [0.29, 0.717) is 31.2 Å². The summed E-state index contributed by atoms with van der Waals surface area (Å²) in [5, 5.41) is 6.16. The number of hydrogen-bond acceptors (Lipinski definition) is 3. The smallest absolute Gasteiger partial charge is 0.387 e. The zero-order valence-corrected chi connectivity index (χ0v) is 16.9. The average Bonchev–Trinajstić information content (AvgIpc) is 2.48. The van der Waals surface area contributed by atoms with Gasteiger partial charge in [0.25, 0.3) is 0 Å². The topological polar surface area (TPSA) is 54.9 Å². The zero-order valence-electron chi connectivity index (χ0n) is 12.9. The molecule has 0 aliphatic carbocycles. The highest BCUT2D eigenvalue weighted by Gasteiger charge is 2.10. The fourth-order valence-electron chi connectivity index (χ4n) is 1.72. The first-order chi connectivity index (χ1) is 10.6. The van der Waals surface area contributed by atoms with Gasteiger partial charge in [0.1, 0.15) is 5.75 Å². The molecule has 5 nitrogen and oxygen atoms in total. The second-order valence-electron chi connectivity index (χ2n) is 4.33. The van der Waals surface area contributed by atoms with E-state index < -0.39 is 6.61 Å². The molecule has 0 amide bonds. The molecule has 0 saturated heterocycles. The van der Waals surface area contributed by atoms with Gasteiger partial charge in [0.2, 0.25) is 0 Å². The first kappa shape index (κ1) is 22.3. The molecule has 23 heavy (non-hydrogen) atoms. The molecule has 0 aliphatic heterocycles. The third kappa shape index (κ3) is 9.26. The largest absolute Gasteiger partial charge is 0.434 e. The Morgan fingerprint density at radius 3 is 2.70 bits per heavy atom. The summed E-state index contributed by atoms with van der Waals surface area (Å²) in [5.74, 6) is 0.722. The summed E-state index contributed by atoms with van der Waals surface area (Å²) < 4.78 is 35.1. The molecule has 1 aromatic rings. The number of benzene rings is 1. The number of aliphatic imine (C=N–C) groups is 1. The number of nitrogens with one attached hydrogen (secondary N) is 2. The lowest BCUT2D eigenvalue weighted by Gasteiger charge is -2.15. The van der Waals surface area contributed by atoms with Crippen LogP contribution in [0.25, 0.3) is 0 Å². The molecule has 0 saturated carbocycles. The maximum absolute atomic E-state index is 12.4. The Balaban J connectivity index is 0.00000484. The Morgan fingerprint density at radius 1 is 1.35 bits per heavy atom. The SMILES string of the molecule is CN=C(NCCCOC)NCc1cc(Br)ccc1OC(F)F.I. The van der Waals surface area contributed by atoms with Gasteiger partial charge in [-0.2, -0.15) is 8.78 Å². The average molecular weight is 508 g/mol. The summed E-state index contributed by atoms with van der Waals surface area (Å²) in [5.41, 5.74) is 0.606. The maximum Gasteiger partial charge on any atom is 0.387 e. The van der Waals surface area contributed by atoms with Crippen LogP contribution in [0.3, 0.4) is 0 Å². The summed E-state index contributed by atoms with van der Waals surface area (Å²) in [6.07, 6.45) is 0.841. The van der Waals surface area contributed by atoms with Crippen molar-refractivity contribution in [3.63, 3.8) is 0 Å². The van der Waals surface area contributed by atoms with Crippen molar-refractivity contribution in [2.75, 3.05) is 27.3 Å². The predicted molar refractivity (Wildman–Crippen MR) is 101 cm³/mol. The van der Waals surface area contributed by atoms with E-state index in [0.717, 1.165) is 10.9 Å². The minimum absolute atomic E-state index is 0. The van der Waals surface area contributed by atoms with Crippen molar-refractivity contribution in [2.45, 2.75) is 19.6 Å². The molecule has 0 aromatic heterocycles. The summed E-state index contributed by atoms with van der Waals surface area (Å²) >= 11 is 3.32. The predicted octanol–water partition coefficient (Wildman–Crippen LogP) is 3.37. The van der Waals surface area contributed by atoms with E-state index in [1.54, 1.807) is 26.3 Å². The molecule has 132 valence electrons. The van der Waals surface area contributed by atoms with E-state index >= 15 is 0 Å². The van der Waals surface area contributed by atoms with Crippen molar-refractivity contribution >= 4 is 45.9 Å². The van der Waals surface area contributed by atoms with Crippen molar-refractivity contribution < 1.29 is 18.3 Å². The quantitative estimate of drug-likeness (QED) is 0.245. The minimum atomic E-state index is -2.86. The van der Waals surface area contributed by atoms with Gasteiger partial charge in [-0.25, -0.2) is 0 Å². The molecule has 0 atom stereocenters. The number of nitrogens with zero attached hydrogens (tertiary/aromatic N) is 1. The number of methoxy groups -OCH3 is 1. The van der Waals surface area contributed by atoms with Crippen LogP contribution in [0.5, 0.6) is 5.75 Å². The van der Waals surface area contributed by atoms with Gasteiger partial charge in [-0.3, -0.25) is 4.99 Å². The van der Waals surface area contributed by atoms with Crippen molar-refractivity contribution in [1.82, 2.24) is 10.6 Å². The van der Waals surface area contributed by atoms with Crippen LogP contribution in [-0.4, -0.2) is 39.9 Å². The number of ether oxygens (including phenoxy) is 2. The molecule has 1 aromatic carbocycles. The number of hydrogen-bond donors (Lipinski definition) is 2. The molecule has 0 spiro atoms. The number of halogens is 4. The zero-order chi connectivity index (χ0) is 16.4. The third-order valence-electron chi connectivity index (χ3n) is 2.73. The summed E-state index contributed by atoms with van der Waals surface area (Å²) in [4.78, 5) is 4.07. The monoisotopic (exact) mass is 507 g/mol. The van der Waals surface area contributed by atoms with Gasteiger partial charge in [0.05, 0.1) is 0 Å². The highest BCUT2D eigenvalue weighted by molar-refractivity contribution is 14.0. The number of guanidine groups is 1. The fraction of sp³-hybridized carbons (Fsp3) is 0.500. The van der Waals surface area contributed by atoms with Gasteiger partial charge < -0.3 is 20.1 Å². The Kier molecular flexibility index (Phi) is 12.3. The van der Waals surface area contributed by atoms with E-state index in [2.05, 4.69) is 36.3 Å². The van der Waals surface area contributed by atoms with Gasteiger partial charge in [0, 0.05) is 43.9 Å². The summed E-state index contributed by atoms with van der Waals surface area (Å²) in [6, 6.07) is 4.88. The Hall–Kier alpha value is -0.680. The minimum Gasteiger partial charge on any atom is -0.434 e. The molecule has 0 aliphatic rings. The van der Waals surface area contributed by atoms with Gasteiger partial charge in [-0.1, -0.05) is 15.9 Å². The molecule has 0 heterocycles. The Labute approximate surface area is 160 Å². The molecule has 9 heteroatoms. The van der Waals surface area contributed by atoms with E-state index in [1.807, 2.05) is 0 Å². The van der Waals surface area contributed by atoms with Crippen LogP contribution in [0, 0.1) is 0 Å². The molecule has 0 radical (unpaired) electrons. The molecule has 1 rings (SSSR count). The third-order valence-corrected chi connectivity index (χ3v) is 3.22. The fourth-order valence-corrected chi connectivity index (χ4v) is 2.13. The lowest BCUT2D eigenvalue weighted by molar-refractivity contribution is -0.0504. The van der Waals surface area contributed by atoms with Crippen LogP contribution in [0.15, 0.2) is 27.7 Å². The number of alkyl halides is 2. The Morgan fingerprint density at radius 2 is 2.09 bits per heavy atom. The second kappa shape index (κ2) is 12.7. The van der Waals surface area contributed by atoms with Crippen LogP contribution in [0.2, 0.25) is 0 Å². The van der Waals surface area contributed by atoms with Crippen LogP contribution in [0.4, 0.5) is 8.78 Å². The van der Waals surface area contributed by atoms with Gasteiger partial charge >= 0.3 is 6.61 Å². The van der Waals surface area contributed by atoms with E-state index in [4.69, 9.17) is 4.74 Å². The van der Waals surface area contributed by atoms with Crippen LogP contribution in [0.1, 0.15) is 12.0 Å².